The summed E-state index contributed by atoms with van der Waals surface area (Å²) in [6.45, 7) is 12.9. The third-order valence-electron chi connectivity index (χ3n) is 4.97. The molecule has 0 saturated carbocycles. The first-order valence-electron chi connectivity index (χ1n) is 10.2. The molecule has 0 unspecified atom stereocenters. The van der Waals surface area contributed by atoms with Gasteiger partial charge in [0.1, 0.15) is 0 Å². The molecule has 1 N–H and O–H groups in total. The number of rotatable bonds is 9. The Kier molecular flexibility index (Phi) is 7.57. The van der Waals surface area contributed by atoms with Crippen LogP contribution in [0.1, 0.15) is 77.4 Å². The van der Waals surface area contributed by atoms with Crippen LogP contribution in [0.15, 0.2) is 12.1 Å². The Morgan fingerprint density at radius 2 is 1.59 bits per heavy atom. The summed E-state index contributed by atoms with van der Waals surface area (Å²) in [6.07, 6.45) is 3.73. The summed E-state index contributed by atoms with van der Waals surface area (Å²) in [6, 6.07) is 4.60. The maximum absolute atomic E-state index is 5.58. The third-order valence-corrected chi connectivity index (χ3v) is 4.97. The van der Waals surface area contributed by atoms with Gasteiger partial charge in [0, 0.05) is 23.0 Å². The summed E-state index contributed by atoms with van der Waals surface area (Å²) < 4.78 is 5.58. The van der Waals surface area contributed by atoms with Crippen molar-refractivity contribution in [2.24, 2.45) is 0 Å². The lowest BCUT2D eigenvalue weighted by Gasteiger charge is -2.20. The number of ether oxygens (including phenoxy) is 1. The molecule has 5 nitrogen and oxygen atoms in total. The van der Waals surface area contributed by atoms with Crippen LogP contribution >= 0.6 is 0 Å². The molecule has 148 valence electrons. The summed E-state index contributed by atoms with van der Waals surface area (Å²) in [5.74, 6) is 1.68. The number of nitrogens with one attached hydrogen (secondary N) is 1. The van der Waals surface area contributed by atoms with Crippen LogP contribution in [-0.2, 0) is 12.8 Å². The van der Waals surface area contributed by atoms with Gasteiger partial charge in [0.25, 0.3) is 5.88 Å². The van der Waals surface area contributed by atoms with Crippen molar-refractivity contribution in [3.63, 3.8) is 0 Å². The smallest absolute Gasteiger partial charge is 0.257 e. The van der Waals surface area contributed by atoms with E-state index in [0.717, 1.165) is 59.8 Å². The second-order valence-electron chi connectivity index (χ2n) is 7.13. The minimum absolute atomic E-state index is 0.363. The van der Waals surface area contributed by atoms with Gasteiger partial charge in [-0.15, -0.1) is 0 Å². The topological polar surface area (TPSA) is 59.9 Å². The van der Waals surface area contributed by atoms with E-state index in [-0.39, 0.29) is 0 Å². The van der Waals surface area contributed by atoms with Gasteiger partial charge in [-0.25, -0.2) is 9.97 Å². The van der Waals surface area contributed by atoms with E-state index in [0.29, 0.717) is 17.8 Å². The van der Waals surface area contributed by atoms with Crippen molar-refractivity contribution in [2.75, 3.05) is 12.4 Å². The Bertz CT molecular complexity index is 754. The largest absolute Gasteiger partial charge is 0.478 e. The standard InChI is InChI=1S/C22H34N4O/c1-8-15(9-2)23-21-22(27-7)26-20(18(11-4)25-21)16-12-13-19(14(5)6)24-17(16)10-3/h12-15H,8-11H2,1-7H3,(H,23,25). The minimum Gasteiger partial charge on any atom is -0.478 e. The summed E-state index contributed by atoms with van der Waals surface area (Å²) >= 11 is 0. The SMILES string of the molecule is CCc1nc(C(C)C)ccc1-c1nc(OC)c(NC(CC)CC)nc1CC. The molecule has 2 rings (SSSR count). The van der Waals surface area contributed by atoms with Crippen LogP contribution in [0.3, 0.4) is 0 Å². The Balaban J connectivity index is 2.57. The highest BCUT2D eigenvalue weighted by atomic mass is 16.5. The minimum atomic E-state index is 0.363. The van der Waals surface area contributed by atoms with E-state index in [9.17, 15) is 0 Å². The Labute approximate surface area is 164 Å². The molecule has 2 heterocycles. The summed E-state index contributed by atoms with van der Waals surface area (Å²) in [5, 5.41) is 3.49. The number of nitrogens with zero attached hydrogens (tertiary/aromatic N) is 3. The average Bonchev–Trinajstić information content (AvgIpc) is 2.70. The number of anilines is 1. The van der Waals surface area contributed by atoms with Gasteiger partial charge in [0.2, 0.25) is 0 Å². The first-order chi connectivity index (χ1) is 13.0. The van der Waals surface area contributed by atoms with E-state index < -0.39 is 0 Å². The van der Waals surface area contributed by atoms with Crippen molar-refractivity contribution < 1.29 is 4.74 Å². The Hall–Kier alpha value is -2.17. The average molecular weight is 371 g/mol. The van der Waals surface area contributed by atoms with Crippen molar-refractivity contribution in [2.45, 2.75) is 79.2 Å². The second-order valence-corrected chi connectivity index (χ2v) is 7.13. The van der Waals surface area contributed by atoms with Gasteiger partial charge in [0.05, 0.1) is 18.5 Å². The molecule has 0 amide bonds. The van der Waals surface area contributed by atoms with Crippen LogP contribution in [-0.4, -0.2) is 28.1 Å². The molecule has 0 aliphatic rings. The van der Waals surface area contributed by atoms with E-state index >= 15 is 0 Å². The van der Waals surface area contributed by atoms with Crippen LogP contribution in [0.4, 0.5) is 5.82 Å². The van der Waals surface area contributed by atoms with Gasteiger partial charge < -0.3 is 10.1 Å². The lowest BCUT2D eigenvalue weighted by molar-refractivity contribution is 0.397. The molecule has 0 radical (unpaired) electrons. The fraction of sp³-hybridized carbons (Fsp3) is 0.591. The lowest BCUT2D eigenvalue weighted by Crippen LogP contribution is -2.19. The summed E-state index contributed by atoms with van der Waals surface area (Å²) in [5.41, 5.74) is 5.08. The number of aryl methyl sites for hydroxylation is 2. The molecular weight excluding hydrogens is 336 g/mol. The van der Waals surface area contributed by atoms with E-state index in [2.05, 4.69) is 59.0 Å². The van der Waals surface area contributed by atoms with Crippen molar-refractivity contribution >= 4 is 5.82 Å². The maximum atomic E-state index is 5.58. The summed E-state index contributed by atoms with van der Waals surface area (Å²) in [4.78, 5) is 14.6. The number of aromatic nitrogens is 3. The highest BCUT2D eigenvalue weighted by Crippen LogP contribution is 2.31. The van der Waals surface area contributed by atoms with Crippen molar-refractivity contribution in [1.82, 2.24) is 15.0 Å². The fourth-order valence-corrected chi connectivity index (χ4v) is 3.16. The first-order valence-corrected chi connectivity index (χ1v) is 10.2. The Morgan fingerprint density at radius 3 is 2.11 bits per heavy atom. The lowest BCUT2D eigenvalue weighted by atomic mass is 10.0. The van der Waals surface area contributed by atoms with Gasteiger partial charge in [-0.3, -0.25) is 4.98 Å². The van der Waals surface area contributed by atoms with E-state index in [4.69, 9.17) is 19.7 Å². The molecule has 0 fully saturated rings. The van der Waals surface area contributed by atoms with Crippen LogP contribution in [0.5, 0.6) is 5.88 Å². The van der Waals surface area contributed by atoms with E-state index in [1.54, 1.807) is 7.11 Å². The van der Waals surface area contributed by atoms with Gasteiger partial charge in [-0.05, 0) is 43.7 Å². The van der Waals surface area contributed by atoms with Crippen LogP contribution in [0, 0.1) is 0 Å². The van der Waals surface area contributed by atoms with E-state index in [1.807, 2.05) is 0 Å². The molecule has 0 bridgehead atoms. The van der Waals surface area contributed by atoms with Crippen LogP contribution in [0.25, 0.3) is 11.3 Å². The zero-order valence-electron chi connectivity index (χ0n) is 17.9. The van der Waals surface area contributed by atoms with Crippen LogP contribution in [0.2, 0.25) is 0 Å². The molecule has 0 saturated heterocycles. The highest BCUT2D eigenvalue weighted by Gasteiger charge is 2.19. The molecule has 2 aromatic rings. The number of methoxy groups -OCH3 is 1. The molecule has 27 heavy (non-hydrogen) atoms. The molecule has 2 aromatic heterocycles. The quantitative estimate of drug-likeness (QED) is 0.641. The molecule has 0 atom stereocenters. The van der Waals surface area contributed by atoms with Gasteiger partial charge in [-0.1, -0.05) is 41.5 Å². The molecule has 0 spiro atoms. The molecule has 5 heteroatoms. The van der Waals surface area contributed by atoms with Crippen molar-refractivity contribution in [3.05, 3.63) is 29.2 Å². The second kappa shape index (κ2) is 9.67. The fourth-order valence-electron chi connectivity index (χ4n) is 3.16. The zero-order valence-corrected chi connectivity index (χ0v) is 17.9. The van der Waals surface area contributed by atoms with Crippen LogP contribution < -0.4 is 10.1 Å². The third kappa shape index (κ3) is 4.76. The predicted molar refractivity (Wildman–Crippen MR) is 113 cm³/mol. The molecule has 0 aromatic carbocycles. The van der Waals surface area contributed by atoms with Gasteiger partial charge in [0.15, 0.2) is 5.82 Å². The van der Waals surface area contributed by atoms with E-state index in [1.165, 1.54) is 0 Å². The number of hydrogen-bond acceptors (Lipinski definition) is 5. The van der Waals surface area contributed by atoms with Gasteiger partial charge in [-0.2, -0.15) is 0 Å². The monoisotopic (exact) mass is 370 g/mol. The zero-order chi connectivity index (χ0) is 20.0. The Morgan fingerprint density at radius 1 is 0.926 bits per heavy atom. The summed E-state index contributed by atoms with van der Waals surface area (Å²) in [7, 11) is 1.65. The molecule has 0 aliphatic carbocycles. The molecule has 0 aliphatic heterocycles. The first kappa shape index (κ1) is 21.1. The maximum Gasteiger partial charge on any atom is 0.257 e. The number of pyridine rings is 1. The van der Waals surface area contributed by atoms with Crippen molar-refractivity contribution in [3.8, 4) is 17.1 Å². The molecular formula is C22H34N4O. The normalized spacial score (nSPS) is 11.3. The highest BCUT2D eigenvalue weighted by molar-refractivity contribution is 5.67. The van der Waals surface area contributed by atoms with Gasteiger partial charge >= 0.3 is 0 Å². The number of hydrogen-bond donors (Lipinski definition) is 1. The van der Waals surface area contributed by atoms with Crippen molar-refractivity contribution in [1.29, 1.82) is 0 Å². The predicted octanol–water partition coefficient (Wildman–Crippen LogP) is 5.40.